The number of rotatable bonds is 5. The van der Waals surface area contributed by atoms with E-state index in [2.05, 4.69) is 33.1 Å². The highest BCUT2D eigenvalue weighted by molar-refractivity contribution is 5.96. The average molecular weight is 605 g/mol. The lowest BCUT2D eigenvalue weighted by atomic mass is 9.97. The zero-order valence-electron chi connectivity index (χ0n) is 26.3. The highest BCUT2D eigenvalue weighted by atomic mass is 16.5. The van der Waals surface area contributed by atoms with E-state index >= 15 is 0 Å². The lowest BCUT2D eigenvalue weighted by Crippen LogP contribution is -2.45. The van der Waals surface area contributed by atoms with Gasteiger partial charge < -0.3 is 29.3 Å². The van der Waals surface area contributed by atoms with Crippen molar-refractivity contribution >= 4 is 28.5 Å². The van der Waals surface area contributed by atoms with Crippen LogP contribution in [0.1, 0.15) is 48.5 Å². The van der Waals surface area contributed by atoms with Crippen molar-refractivity contribution in [2.45, 2.75) is 39.2 Å². The highest BCUT2D eigenvalue weighted by Gasteiger charge is 2.27. The molecule has 1 atom stereocenters. The van der Waals surface area contributed by atoms with Gasteiger partial charge in [-0.15, -0.1) is 0 Å². The first-order valence-corrected chi connectivity index (χ1v) is 15.5. The summed E-state index contributed by atoms with van der Waals surface area (Å²) in [6, 6.07) is 7.49. The number of ether oxygens (including phenoxy) is 3. The van der Waals surface area contributed by atoms with Gasteiger partial charge in [-0.1, -0.05) is 6.92 Å². The number of amides is 2. The van der Waals surface area contributed by atoms with Crippen LogP contribution in [0.2, 0.25) is 0 Å². The molecule has 0 aliphatic carbocycles. The topological polar surface area (TPSA) is 109 Å². The van der Waals surface area contributed by atoms with Crippen molar-refractivity contribution < 1.29 is 23.8 Å². The van der Waals surface area contributed by atoms with E-state index in [-0.39, 0.29) is 24.3 Å². The largest absolute Gasteiger partial charge is 0.493 e. The van der Waals surface area contributed by atoms with Gasteiger partial charge in [0.15, 0.2) is 11.5 Å². The third-order valence-electron chi connectivity index (χ3n) is 8.63. The Hall–Kier alpha value is -4.12. The first-order valence-electron chi connectivity index (χ1n) is 15.5. The predicted octanol–water partition coefficient (Wildman–Crippen LogP) is 3.75. The Labute approximate surface area is 259 Å². The van der Waals surface area contributed by atoms with Gasteiger partial charge in [0.25, 0.3) is 5.91 Å². The van der Waals surface area contributed by atoms with Crippen molar-refractivity contribution in [2.75, 3.05) is 72.0 Å². The highest BCUT2D eigenvalue weighted by Crippen LogP contribution is 2.44. The quantitative estimate of drug-likeness (QED) is 0.466. The van der Waals surface area contributed by atoms with E-state index in [0.717, 1.165) is 80.7 Å². The number of hydrogen-bond acceptors (Lipinski definition) is 9. The molecule has 3 aromatic rings. The van der Waals surface area contributed by atoms with Gasteiger partial charge in [-0.25, -0.2) is 4.98 Å². The monoisotopic (exact) mass is 604 g/mol. The fourth-order valence-corrected chi connectivity index (χ4v) is 6.28. The minimum absolute atomic E-state index is 0.0403. The molecular weight excluding hydrogens is 560 g/mol. The van der Waals surface area contributed by atoms with Gasteiger partial charge in [0.1, 0.15) is 5.82 Å². The molecule has 2 aliphatic heterocycles. The van der Waals surface area contributed by atoms with Crippen molar-refractivity contribution in [3.8, 4) is 17.2 Å². The lowest BCUT2D eigenvalue weighted by Gasteiger charge is -2.36. The summed E-state index contributed by atoms with van der Waals surface area (Å²) in [7, 11) is 4.87. The van der Waals surface area contributed by atoms with E-state index in [1.165, 1.54) is 0 Å². The molecule has 2 amide bonds. The molecule has 0 saturated carbocycles. The van der Waals surface area contributed by atoms with Crippen LogP contribution >= 0.6 is 0 Å². The Morgan fingerprint density at radius 2 is 1.75 bits per heavy atom. The van der Waals surface area contributed by atoms with Gasteiger partial charge >= 0.3 is 0 Å². The van der Waals surface area contributed by atoms with E-state index < -0.39 is 0 Å². The van der Waals surface area contributed by atoms with Crippen LogP contribution in [0, 0.1) is 5.92 Å². The molecule has 5 rings (SSSR count). The normalized spacial score (nSPS) is 18.8. The number of carbonyl (C=O) groups is 2. The maximum absolute atomic E-state index is 13.3. The van der Waals surface area contributed by atoms with Crippen molar-refractivity contribution in [3.05, 3.63) is 47.8 Å². The molecule has 2 bridgehead atoms. The standard InChI is InChI=1S/C33H44N6O5/c1-5-37-14-6-7-15-39(33(41)24-10-12-34-13-11-24)22-29(40)35-19-23-9-8-16-38(20-23)32-25(21-37)17-26-27(36-32)18-28(42-2)31(44-4)30(26)43-3/h10-13,17-18,23H,5-9,14-16,19-22H2,1-4H3,(H,35,40). The average Bonchev–Trinajstić information content (AvgIpc) is 3.06. The number of nitrogens with zero attached hydrogens (tertiary/aromatic N) is 5. The number of pyridine rings is 2. The second-order valence-electron chi connectivity index (χ2n) is 11.5. The smallest absolute Gasteiger partial charge is 0.254 e. The molecule has 1 fully saturated rings. The van der Waals surface area contributed by atoms with Crippen LogP contribution in [-0.4, -0.2) is 98.7 Å². The Morgan fingerprint density at radius 3 is 2.48 bits per heavy atom. The molecule has 2 aliphatic rings. The fourth-order valence-electron chi connectivity index (χ4n) is 6.28. The molecule has 11 nitrogen and oxygen atoms in total. The van der Waals surface area contributed by atoms with Crippen LogP contribution < -0.4 is 24.4 Å². The van der Waals surface area contributed by atoms with Crippen molar-refractivity contribution in [2.24, 2.45) is 5.92 Å². The molecule has 44 heavy (non-hydrogen) atoms. The number of benzene rings is 1. The number of fused-ring (bicyclic) bond motifs is 5. The number of aromatic nitrogens is 2. The summed E-state index contributed by atoms with van der Waals surface area (Å²) in [5.41, 5.74) is 2.45. The molecule has 4 heterocycles. The molecule has 0 spiro atoms. The second-order valence-corrected chi connectivity index (χ2v) is 11.5. The molecule has 2 aromatic heterocycles. The third-order valence-corrected chi connectivity index (χ3v) is 8.63. The molecule has 0 radical (unpaired) electrons. The summed E-state index contributed by atoms with van der Waals surface area (Å²) in [4.78, 5) is 42.1. The van der Waals surface area contributed by atoms with Crippen molar-refractivity contribution in [1.29, 1.82) is 0 Å². The fraction of sp³-hybridized carbons (Fsp3) is 0.515. The van der Waals surface area contributed by atoms with Gasteiger partial charge in [0.05, 0.1) is 33.4 Å². The first kappa shape index (κ1) is 31.3. The van der Waals surface area contributed by atoms with Crippen molar-refractivity contribution in [1.82, 2.24) is 25.1 Å². The van der Waals surface area contributed by atoms with E-state index in [0.29, 0.717) is 35.9 Å². The van der Waals surface area contributed by atoms with Crippen LogP contribution in [0.5, 0.6) is 17.2 Å². The molecule has 1 saturated heterocycles. The Kier molecular flexibility index (Phi) is 10.4. The number of piperidine rings is 1. The zero-order chi connectivity index (χ0) is 31.1. The summed E-state index contributed by atoms with van der Waals surface area (Å²) < 4.78 is 17.1. The Morgan fingerprint density at radius 1 is 0.977 bits per heavy atom. The van der Waals surface area contributed by atoms with Gasteiger partial charge in [-0.05, 0) is 62.9 Å². The van der Waals surface area contributed by atoms with Gasteiger partial charge in [0.2, 0.25) is 11.7 Å². The Balaban J connectivity index is 1.48. The maximum Gasteiger partial charge on any atom is 0.254 e. The molecular formula is C33H44N6O5. The number of carbonyl (C=O) groups excluding carboxylic acids is 2. The van der Waals surface area contributed by atoms with Gasteiger partial charge in [-0.3, -0.25) is 19.5 Å². The second kappa shape index (κ2) is 14.6. The summed E-state index contributed by atoms with van der Waals surface area (Å²) in [6.07, 6.45) is 6.89. The Bertz CT molecular complexity index is 1450. The minimum Gasteiger partial charge on any atom is -0.493 e. The molecule has 1 unspecified atom stereocenters. The number of methoxy groups -OCH3 is 3. The summed E-state index contributed by atoms with van der Waals surface area (Å²) in [6.45, 7) is 7.38. The van der Waals surface area contributed by atoms with Gasteiger partial charge in [0, 0.05) is 67.7 Å². The van der Waals surface area contributed by atoms with Crippen LogP contribution in [0.15, 0.2) is 36.7 Å². The van der Waals surface area contributed by atoms with Crippen LogP contribution in [0.3, 0.4) is 0 Å². The SMILES string of the molecule is CCN1CCCCN(C(=O)c2ccncc2)CC(=O)NCC2CCCN(C2)c2nc3cc(OC)c(OC)c(OC)c3cc2C1. The molecule has 1 N–H and O–H groups in total. The molecule has 11 heteroatoms. The molecule has 236 valence electrons. The third kappa shape index (κ3) is 6.99. The van der Waals surface area contributed by atoms with E-state index in [9.17, 15) is 9.59 Å². The number of anilines is 1. The predicted molar refractivity (Wildman–Crippen MR) is 170 cm³/mol. The van der Waals surface area contributed by atoms with Crippen LogP contribution in [0.4, 0.5) is 5.82 Å². The lowest BCUT2D eigenvalue weighted by molar-refractivity contribution is -0.122. The number of hydrogen-bond donors (Lipinski definition) is 1. The maximum atomic E-state index is 13.3. The van der Waals surface area contributed by atoms with Crippen LogP contribution in [0.25, 0.3) is 10.9 Å². The summed E-state index contributed by atoms with van der Waals surface area (Å²) >= 11 is 0. The van der Waals surface area contributed by atoms with E-state index in [1.807, 2.05) is 6.07 Å². The summed E-state index contributed by atoms with van der Waals surface area (Å²) in [5.74, 6) is 2.66. The summed E-state index contributed by atoms with van der Waals surface area (Å²) in [5, 5.41) is 4.00. The van der Waals surface area contributed by atoms with Crippen LogP contribution in [-0.2, 0) is 11.3 Å². The minimum atomic E-state index is -0.146. The first-order chi connectivity index (χ1) is 21.4. The van der Waals surface area contributed by atoms with Gasteiger partial charge in [-0.2, -0.15) is 0 Å². The van der Waals surface area contributed by atoms with E-state index in [4.69, 9.17) is 19.2 Å². The zero-order valence-corrected chi connectivity index (χ0v) is 26.3. The van der Waals surface area contributed by atoms with Crippen molar-refractivity contribution in [3.63, 3.8) is 0 Å². The van der Waals surface area contributed by atoms with E-state index in [1.54, 1.807) is 50.8 Å². The number of nitrogens with one attached hydrogen (secondary N) is 1. The molecule has 1 aromatic carbocycles.